The molecule has 3 aromatic heterocycles. The Morgan fingerprint density at radius 3 is 2.05 bits per heavy atom. The molecule has 0 amide bonds. The lowest BCUT2D eigenvalue weighted by Gasteiger charge is -2.20. The van der Waals surface area contributed by atoms with Gasteiger partial charge >= 0.3 is 0 Å². The van der Waals surface area contributed by atoms with Crippen molar-refractivity contribution in [1.82, 2.24) is 45.8 Å². The fraction of sp³-hybridized carbons (Fsp3) is 0.179. The molecule has 200 valence electrons. The van der Waals surface area contributed by atoms with E-state index in [-0.39, 0.29) is 18.8 Å². The van der Waals surface area contributed by atoms with E-state index in [0.717, 1.165) is 22.1 Å². The van der Waals surface area contributed by atoms with Gasteiger partial charge in [0.25, 0.3) is 5.56 Å². The summed E-state index contributed by atoms with van der Waals surface area (Å²) in [6, 6.07) is 23.5. The third kappa shape index (κ3) is 5.27. The third-order valence-electron chi connectivity index (χ3n) is 6.59. The van der Waals surface area contributed by atoms with Crippen LogP contribution in [0.4, 0.5) is 0 Å². The van der Waals surface area contributed by atoms with Gasteiger partial charge in [0.05, 0.1) is 12.1 Å². The topological polar surface area (TPSA) is 149 Å². The fourth-order valence-corrected chi connectivity index (χ4v) is 4.66. The molecule has 2 N–H and O–H groups in total. The second-order valence-electron chi connectivity index (χ2n) is 9.19. The van der Waals surface area contributed by atoms with Gasteiger partial charge in [-0.1, -0.05) is 71.1 Å². The van der Waals surface area contributed by atoms with E-state index in [0.29, 0.717) is 47.2 Å². The zero-order valence-corrected chi connectivity index (χ0v) is 21.6. The number of hydrogen-bond donors (Lipinski definition) is 2. The predicted octanol–water partition coefficient (Wildman–Crippen LogP) is 3.13. The Balaban J connectivity index is 1.53. The molecular formula is C28H25N9O3. The molecule has 0 aliphatic heterocycles. The lowest BCUT2D eigenvalue weighted by atomic mass is 9.97. The van der Waals surface area contributed by atoms with Crippen molar-refractivity contribution in [3.8, 4) is 11.5 Å². The van der Waals surface area contributed by atoms with Gasteiger partial charge in [0.15, 0.2) is 13.2 Å². The first-order valence-corrected chi connectivity index (χ1v) is 12.6. The van der Waals surface area contributed by atoms with E-state index in [1.807, 2.05) is 73.7 Å². The maximum Gasteiger partial charge on any atom is 0.255 e. The van der Waals surface area contributed by atoms with Crippen molar-refractivity contribution in [2.24, 2.45) is 0 Å². The molecule has 0 saturated carbocycles. The zero-order chi connectivity index (χ0) is 27.3. The molecule has 0 fully saturated rings. The second kappa shape index (κ2) is 11.2. The van der Waals surface area contributed by atoms with Crippen molar-refractivity contribution < 1.29 is 9.47 Å². The van der Waals surface area contributed by atoms with Crippen LogP contribution in [-0.4, -0.2) is 45.8 Å². The number of aromatic nitrogens is 9. The summed E-state index contributed by atoms with van der Waals surface area (Å²) >= 11 is 0. The van der Waals surface area contributed by atoms with Gasteiger partial charge in [-0.25, -0.2) is 0 Å². The Morgan fingerprint density at radius 1 is 0.800 bits per heavy atom. The van der Waals surface area contributed by atoms with E-state index in [2.05, 4.69) is 41.2 Å². The molecule has 3 heterocycles. The number of hydrogen-bond acceptors (Lipinski definition) is 9. The van der Waals surface area contributed by atoms with Crippen LogP contribution < -0.4 is 15.0 Å². The second-order valence-corrected chi connectivity index (χ2v) is 9.19. The number of tetrazole rings is 2. The molecule has 12 heteroatoms. The van der Waals surface area contributed by atoms with Crippen LogP contribution in [0.3, 0.4) is 0 Å². The quantitative estimate of drug-likeness (QED) is 0.270. The van der Waals surface area contributed by atoms with Crippen molar-refractivity contribution in [2.45, 2.75) is 33.1 Å². The first-order chi connectivity index (χ1) is 19.7. The maximum absolute atomic E-state index is 14.1. The lowest BCUT2D eigenvalue weighted by Crippen LogP contribution is -2.26. The van der Waals surface area contributed by atoms with E-state index in [9.17, 15) is 4.79 Å². The molecule has 6 rings (SSSR count). The molecule has 0 radical (unpaired) electrons. The van der Waals surface area contributed by atoms with E-state index in [1.54, 1.807) is 10.6 Å². The van der Waals surface area contributed by atoms with Crippen molar-refractivity contribution >= 4 is 10.9 Å². The number of aryl methyl sites for hydroxylation is 1. The number of H-pyrrole nitrogens is 2. The molecule has 40 heavy (non-hydrogen) atoms. The molecular weight excluding hydrogens is 510 g/mol. The van der Waals surface area contributed by atoms with Gasteiger partial charge in [-0.3, -0.25) is 4.79 Å². The smallest absolute Gasteiger partial charge is 0.255 e. The van der Waals surface area contributed by atoms with Crippen LogP contribution in [0.2, 0.25) is 0 Å². The number of fused-ring (bicyclic) bond motifs is 1. The predicted molar refractivity (Wildman–Crippen MR) is 145 cm³/mol. The van der Waals surface area contributed by atoms with Crippen LogP contribution >= 0.6 is 0 Å². The minimum atomic E-state index is -0.0721. The Kier molecular flexibility index (Phi) is 6.95. The largest absolute Gasteiger partial charge is 0.485 e. The molecule has 6 aromatic rings. The molecule has 0 unspecified atom stereocenters. The van der Waals surface area contributed by atoms with Gasteiger partial charge in [0.1, 0.15) is 11.5 Å². The maximum atomic E-state index is 14.1. The Bertz CT molecular complexity index is 1770. The average Bonchev–Trinajstić information content (AvgIpc) is 3.71. The first-order valence-electron chi connectivity index (χ1n) is 12.6. The summed E-state index contributed by atoms with van der Waals surface area (Å²) in [6.07, 6.45) is 0.483. The van der Waals surface area contributed by atoms with Crippen LogP contribution in [0.1, 0.15) is 33.9 Å². The van der Waals surface area contributed by atoms with Gasteiger partial charge in [0.2, 0.25) is 11.6 Å². The fourth-order valence-electron chi connectivity index (χ4n) is 4.66. The van der Waals surface area contributed by atoms with Gasteiger partial charge in [-0.2, -0.15) is 10.4 Å². The van der Waals surface area contributed by atoms with Gasteiger partial charge < -0.3 is 14.0 Å². The average molecular weight is 536 g/mol. The summed E-state index contributed by atoms with van der Waals surface area (Å²) in [5.41, 5.74) is 4.17. The first kappa shape index (κ1) is 24.9. The highest BCUT2D eigenvalue weighted by Crippen LogP contribution is 2.35. The Morgan fingerprint density at radius 2 is 1.43 bits per heavy atom. The van der Waals surface area contributed by atoms with Crippen molar-refractivity contribution in [3.63, 3.8) is 0 Å². The molecule has 0 saturated heterocycles. The van der Waals surface area contributed by atoms with Crippen molar-refractivity contribution in [3.05, 3.63) is 117 Å². The Labute approximate surface area is 228 Å². The number of nitrogens with zero attached hydrogens (tertiary/aromatic N) is 7. The lowest BCUT2D eigenvalue weighted by molar-refractivity contribution is 0.282. The molecule has 3 aromatic carbocycles. The Hall–Kier alpha value is -5.39. The molecule has 0 atom stereocenters. The van der Waals surface area contributed by atoms with Crippen LogP contribution in [0.5, 0.6) is 11.5 Å². The summed E-state index contributed by atoms with van der Waals surface area (Å²) in [6.45, 7) is 2.48. The molecule has 0 aliphatic carbocycles. The third-order valence-corrected chi connectivity index (χ3v) is 6.59. The SMILES string of the molecule is Cc1c(Cc2ccccc2)c(=O)n(Cc2ccccc2)c2cc(OCc3nn[nH]n3)cc(OCc3nn[nH]n3)c12. The summed E-state index contributed by atoms with van der Waals surface area (Å²) < 4.78 is 14.0. The van der Waals surface area contributed by atoms with E-state index < -0.39 is 0 Å². The van der Waals surface area contributed by atoms with E-state index in [4.69, 9.17) is 9.47 Å². The van der Waals surface area contributed by atoms with Crippen molar-refractivity contribution in [2.75, 3.05) is 0 Å². The number of benzene rings is 3. The minimum absolute atomic E-state index is 0.0721. The summed E-state index contributed by atoms with van der Waals surface area (Å²) in [4.78, 5) is 14.1. The number of nitrogens with one attached hydrogen (secondary N) is 2. The normalized spacial score (nSPS) is 11.1. The van der Waals surface area contributed by atoms with Crippen LogP contribution in [-0.2, 0) is 26.2 Å². The van der Waals surface area contributed by atoms with E-state index in [1.165, 1.54) is 0 Å². The zero-order valence-electron chi connectivity index (χ0n) is 21.6. The van der Waals surface area contributed by atoms with Crippen LogP contribution in [0.15, 0.2) is 77.6 Å². The number of aromatic amines is 2. The molecule has 0 aliphatic rings. The van der Waals surface area contributed by atoms with Crippen LogP contribution in [0.25, 0.3) is 10.9 Å². The molecule has 0 spiro atoms. The molecule has 0 bridgehead atoms. The van der Waals surface area contributed by atoms with Crippen LogP contribution in [0, 0.1) is 6.92 Å². The van der Waals surface area contributed by atoms with Crippen molar-refractivity contribution in [1.29, 1.82) is 0 Å². The standard InChI is InChI=1S/C28H25N9O3/c1-18-22(12-19-8-4-2-5-9-19)28(38)37(15-20-10-6-3-7-11-20)23-13-21(39-16-25-29-33-34-30-25)14-24(27(18)23)40-17-26-31-35-36-32-26/h2-11,13-14H,12,15-17H2,1H3,(H,29,30,33,34)(H,31,32,35,36). The van der Waals surface area contributed by atoms with E-state index >= 15 is 0 Å². The van der Waals surface area contributed by atoms with Gasteiger partial charge in [-0.05, 0) is 23.6 Å². The highest BCUT2D eigenvalue weighted by atomic mass is 16.5. The molecule has 12 nitrogen and oxygen atoms in total. The summed E-state index contributed by atoms with van der Waals surface area (Å²) in [5, 5.41) is 28.8. The monoisotopic (exact) mass is 535 g/mol. The highest BCUT2D eigenvalue weighted by Gasteiger charge is 2.20. The number of rotatable bonds is 10. The number of pyridine rings is 1. The summed E-state index contributed by atoms with van der Waals surface area (Å²) in [7, 11) is 0. The minimum Gasteiger partial charge on any atom is -0.485 e. The number of ether oxygens (including phenoxy) is 2. The highest BCUT2D eigenvalue weighted by molar-refractivity contribution is 5.91. The summed E-state index contributed by atoms with van der Waals surface area (Å²) in [5.74, 6) is 1.80. The van der Waals surface area contributed by atoms with Gasteiger partial charge in [-0.15, -0.1) is 20.4 Å². The van der Waals surface area contributed by atoms with Gasteiger partial charge in [0, 0.05) is 29.5 Å².